The summed E-state index contributed by atoms with van der Waals surface area (Å²) < 4.78 is 5.54. The zero-order valence-corrected chi connectivity index (χ0v) is 20.3. The first-order chi connectivity index (χ1) is 16.5. The molecule has 0 aromatic heterocycles. The maximum atomic E-state index is 13.1. The maximum absolute atomic E-state index is 13.1. The lowest BCUT2D eigenvalue weighted by atomic mass is 10.0. The van der Waals surface area contributed by atoms with Crippen molar-refractivity contribution in [1.29, 1.82) is 0 Å². The summed E-state index contributed by atoms with van der Waals surface area (Å²) in [6, 6.07) is 16.3. The van der Waals surface area contributed by atoms with E-state index in [1.54, 1.807) is 0 Å². The first kappa shape index (κ1) is 24.2. The van der Waals surface area contributed by atoms with Gasteiger partial charge in [-0.1, -0.05) is 47.5 Å². The Labute approximate surface area is 202 Å². The van der Waals surface area contributed by atoms with Gasteiger partial charge in [-0.3, -0.25) is 9.69 Å². The SMILES string of the molecule is Cc1cccc(C(=O)N2CCCN(C(=O)NCC(c3cccc(C)c3)N3CCOCC3)CC2)c1. The number of hydrogen-bond donors (Lipinski definition) is 1. The number of morpholine rings is 1. The van der Waals surface area contributed by atoms with Crippen molar-refractivity contribution in [1.82, 2.24) is 20.0 Å². The second kappa shape index (κ2) is 11.5. The molecule has 2 aromatic rings. The van der Waals surface area contributed by atoms with Crippen molar-refractivity contribution in [3.05, 3.63) is 70.8 Å². The molecule has 2 aromatic carbocycles. The average molecular weight is 465 g/mol. The number of ether oxygens (including phenoxy) is 1. The van der Waals surface area contributed by atoms with Crippen molar-refractivity contribution in [2.75, 3.05) is 59.0 Å². The van der Waals surface area contributed by atoms with Gasteiger partial charge in [0.15, 0.2) is 0 Å². The maximum Gasteiger partial charge on any atom is 0.317 e. The van der Waals surface area contributed by atoms with Crippen molar-refractivity contribution in [2.24, 2.45) is 0 Å². The molecule has 3 amide bonds. The van der Waals surface area contributed by atoms with Gasteiger partial charge in [0.25, 0.3) is 5.91 Å². The van der Waals surface area contributed by atoms with E-state index in [1.165, 1.54) is 11.1 Å². The lowest BCUT2D eigenvalue weighted by Crippen LogP contribution is -2.47. The largest absolute Gasteiger partial charge is 0.379 e. The minimum atomic E-state index is -0.0595. The average Bonchev–Trinajstić information content (AvgIpc) is 3.11. The molecule has 4 rings (SSSR count). The third-order valence-corrected chi connectivity index (χ3v) is 6.70. The van der Waals surface area contributed by atoms with Crippen LogP contribution in [-0.4, -0.2) is 85.7 Å². The van der Waals surface area contributed by atoms with Crippen LogP contribution in [0, 0.1) is 13.8 Å². The Morgan fingerprint density at radius 3 is 2.29 bits per heavy atom. The summed E-state index contributed by atoms with van der Waals surface area (Å²) in [5, 5.41) is 3.18. The molecule has 1 atom stereocenters. The van der Waals surface area contributed by atoms with Crippen LogP contribution in [0.2, 0.25) is 0 Å². The van der Waals surface area contributed by atoms with Gasteiger partial charge in [-0.2, -0.15) is 0 Å². The third kappa shape index (κ3) is 6.15. The smallest absolute Gasteiger partial charge is 0.317 e. The molecule has 2 aliphatic rings. The summed E-state index contributed by atoms with van der Waals surface area (Å²) >= 11 is 0. The van der Waals surface area contributed by atoms with Crippen molar-refractivity contribution >= 4 is 11.9 Å². The summed E-state index contributed by atoms with van der Waals surface area (Å²) in [6.45, 7) is 10.2. The molecule has 0 spiro atoms. The molecule has 7 heteroatoms. The molecule has 2 saturated heterocycles. The van der Waals surface area contributed by atoms with Gasteiger partial charge in [0.2, 0.25) is 0 Å². The molecule has 0 radical (unpaired) electrons. The summed E-state index contributed by atoms with van der Waals surface area (Å²) in [4.78, 5) is 32.1. The number of benzene rings is 2. The Bertz CT molecular complexity index is 989. The molecular weight excluding hydrogens is 428 g/mol. The van der Waals surface area contributed by atoms with E-state index in [4.69, 9.17) is 4.74 Å². The van der Waals surface area contributed by atoms with Crippen molar-refractivity contribution in [2.45, 2.75) is 26.3 Å². The van der Waals surface area contributed by atoms with E-state index in [0.717, 1.165) is 25.1 Å². The van der Waals surface area contributed by atoms with Crippen molar-refractivity contribution in [3.8, 4) is 0 Å². The third-order valence-electron chi connectivity index (χ3n) is 6.70. The number of amides is 3. The Hall–Kier alpha value is -2.90. The quantitative estimate of drug-likeness (QED) is 0.738. The molecule has 2 aliphatic heterocycles. The summed E-state index contributed by atoms with van der Waals surface area (Å²) in [5.74, 6) is 0.0396. The van der Waals surface area contributed by atoms with Crippen molar-refractivity contribution < 1.29 is 14.3 Å². The fourth-order valence-electron chi connectivity index (χ4n) is 4.80. The second-order valence-electron chi connectivity index (χ2n) is 9.27. The van der Waals surface area contributed by atoms with Gasteiger partial charge in [-0.05, 0) is 38.0 Å². The molecule has 0 bridgehead atoms. The van der Waals surface area contributed by atoms with E-state index in [2.05, 4.69) is 41.4 Å². The monoisotopic (exact) mass is 464 g/mol. The molecule has 1 N–H and O–H groups in total. The van der Waals surface area contributed by atoms with Crippen LogP contribution in [0.5, 0.6) is 0 Å². The first-order valence-corrected chi connectivity index (χ1v) is 12.3. The number of aryl methyl sites for hydroxylation is 2. The molecule has 182 valence electrons. The normalized spacial score (nSPS) is 18.3. The molecule has 34 heavy (non-hydrogen) atoms. The number of carbonyl (C=O) groups is 2. The molecule has 0 aliphatic carbocycles. The van der Waals surface area contributed by atoms with Gasteiger partial charge in [0.1, 0.15) is 0 Å². The predicted molar refractivity (Wildman–Crippen MR) is 133 cm³/mol. The number of nitrogens with zero attached hydrogens (tertiary/aromatic N) is 3. The number of rotatable bonds is 5. The van der Waals surface area contributed by atoms with Gasteiger partial charge in [0, 0.05) is 51.4 Å². The number of hydrogen-bond acceptors (Lipinski definition) is 4. The highest BCUT2D eigenvalue weighted by Crippen LogP contribution is 2.22. The van der Waals surface area contributed by atoms with E-state index >= 15 is 0 Å². The molecule has 2 heterocycles. The van der Waals surface area contributed by atoms with Gasteiger partial charge < -0.3 is 19.9 Å². The Kier molecular flexibility index (Phi) is 8.19. The van der Waals surface area contributed by atoms with E-state index in [9.17, 15) is 9.59 Å². The van der Waals surface area contributed by atoms with Crippen LogP contribution in [0.25, 0.3) is 0 Å². The van der Waals surface area contributed by atoms with E-state index in [-0.39, 0.29) is 18.0 Å². The molecule has 7 nitrogen and oxygen atoms in total. The molecule has 2 fully saturated rings. The number of nitrogens with one attached hydrogen (secondary N) is 1. The van der Waals surface area contributed by atoms with Gasteiger partial charge in [0.05, 0.1) is 19.3 Å². The zero-order chi connectivity index (χ0) is 23.9. The Morgan fingerprint density at radius 2 is 1.56 bits per heavy atom. The van der Waals surface area contributed by atoms with Crippen LogP contribution >= 0.6 is 0 Å². The highest BCUT2D eigenvalue weighted by Gasteiger charge is 2.26. The van der Waals surface area contributed by atoms with Gasteiger partial charge in [-0.25, -0.2) is 4.79 Å². The Morgan fingerprint density at radius 1 is 0.882 bits per heavy atom. The molecule has 1 unspecified atom stereocenters. The number of carbonyl (C=O) groups excluding carboxylic acids is 2. The predicted octanol–water partition coefficient (Wildman–Crippen LogP) is 3.23. The van der Waals surface area contributed by atoms with Crippen LogP contribution in [0.15, 0.2) is 48.5 Å². The van der Waals surface area contributed by atoms with E-state index in [0.29, 0.717) is 51.5 Å². The van der Waals surface area contributed by atoms with Gasteiger partial charge >= 0.3 is 6.03 Å². The lowest BCUT2D eigenvalue weighted by Gasteiger charge is -2.35. The minimum Gasteiger partial charge on any atom is -0.379 e. The van der Waals surface area contributed by atoms with Crippen molar-refractivity contribution in [3.63, 3.8) is 0 Å². The Balaban J connectivity index is 1.36. The van der Waals surface area contributed by atoms with Crippen LogP contribution < -0.4 is 5.32 Å². The van der Waals surface area contributed by atoms with Gasteiger partial charge in [-0.15, -0.1) is 0 Å². The van der Waals surface area contributed by atoms with E-state index < -0.39 is 0 Å². The standard InChI is InChI=1S/C27H36N4O3/c1-21-6-3-8-23(18-21)25(29-14-16-34-17-15-29)20-28-27(33)31-11-5-10-30(12-13-31)26(32)24-9-4-7-22(2)19-24/h3-4,6-9,18-19,25H,5,10-17,20H2,1-2H3,(H,28,33). The fraction of sp³-hybridized carbons (Fsp3) is 0.481. The van der Waals surface area contributed by atoms with E-state index in [1.807, 2.05) is 41.0 Å². The highest BCUT2D eigenvalue weighted by atomic mass is 16.5. The summed E-state index contributed by atoms with van der Waals surface area (Å²) in [6.07, 6.45) is 0.774. The number of urea groups is 1. The van der Waals surface area contributed by atoms with Crippen LogP contribution in [0.4, 0.5) is 4.79 Å². The minimum absolute atomic E-state index is 0.0396. The lowest BCUT2D eigenvalue weighted by molar-refractivity contribution is 0.0164. The van der Waals surface area contributed by atoms with Crippen LogP contribution in [0.1, 0.15) is 39.5 Å². The topological polar surface area (TPSA) is 65.1 Å². The van der Waals surface area contributed by atoms with Crippen LogP contribution in [0.3, 0.4) is 0 Å². The summed E-state index contributed by atoms with van der Waals surface area (Å²) in [5.41, 5.74) is 4.22. The molecule has 0 saturated carbocycles. The molecular formula is C27H36N4O3. The fourth-order valence-corrected chi connectivity index (χ4v) is 4.80. The summed E-state index contributed by atoms with van der Waals surface area (Å²) in [7, 11) is 0. The zero-order valence-electron chi connectivity index (χ0n) is 20.3. The van der Waals surface area contributed by atoms with Crippen LogP contribution in [-0.2, 0) is 4.74 Å². The highest BCUT2D eigenvalue weighted by molar-refractivity contribution is 5.94. The first-order valence-electron chi connectivity index (χ1n) is 12.3. The second-order valence-corrected chi connectivity index (χ2v) is 9.27.